The van der Waals surface area contributed by atoms with Crippen LogP contribution in [0.3, 0.4) is 0 Å². The van der Waals surface area contributed by atoms with Gasteiger partial charge in [-0.25, -0.2) is 0 Å². The van der Waals surface area contributed by atoms with Crippen LogP contribution in [0.2, 0.25) is 0 Å². The van der Waals surface area contributed by atoms with Crippen LogP contribution in [0.1, 0.15) is 44.9 Å². The molecule has 0 aromatic carbocycles. The van der Waals surface area contributed by atoms with Gasteiger partial charge in [-0.3, -0.25) is 4.79 Å². The maximum absolute atomic E-state index is 12.0. The van der Waals surface area contributed by atoms with Gasteiger partial charge in [-0.15, -0.1) is 0 Å². The van der Waals surface area contributed by atoms with Gasteiger partial charge in [0, 0.05) is 0 Å². The van der Waals surface area contributed by atoms with Crippen molar-refractivity contribution in [3.8, 4) is 0 Å². The quantitative estimate of drug-likeness (QED) is 0.568. The molecule has 100 valence electrons. The first-order valence-corrected chi connectivity index (χ1v) is 7.27. The number of esters is 1. The molecule has 2 saturated carbocycles. The lowest BCUT2D eigenvalue weighted by molar-refractivity contribution is -0.151. The van der Waals surface area contributed by atoms with Crippen molar-refractivity contribution in [2.75, 3.05) is 6.61 Å². The van der Waals surface area contributed by atoms with Crippen LogP contribution in [0.25, 0.3) is 0 Å². The third-order valence-corrected chi connectivity index (χ3v) is 5.02. The van der Waals surface area contributed by atoms with E-state index in [9.17, 15) is 4.79 Å². The molecule has 2 aliphatic heterocycles. The van der Waals surface area contributed by atoms with Crippen molar-refractivity contribution in [3.63, 3.8) is 0 Å². The van der Waals surface area contributed by atoms with Crippen molar-refractivity contribution in [2.24, 2.45) is 5.92 Å². The lowest BCUT2D eigenvalue weighted by Gasteiger charge is -2.21. The largest absolute Gasteiger partial charge is 0.462 e. The minimum atomic E-state index is -0.0960. The summed E-state index contributed by atoms with van der Waals surface area (Å²) in [7, 11) is 0. The third-order valence-electron chi connectivity index (χ3n) is 5.02. The van der Waals surface area contributed by atoms with E-state index in [0.717, 1.165) is 32.1 Å². The highest BCUT2D eigenvalue weighted by atomic mass is 16.6. The maximum atomic E-state index is 12.0. The zero-order valence-corrected chi connectivity index (χ0v) is 10.6. The van der Waals surface area contributed by atoms with Crippen LogP contribution >= 0.6 is 0 Å². The van der Waals surface area contributed by atoms with Gasteiger partial charge in [-0.1, -0.05) is 12.8 Å². The molecule has 0 radical (unpaired) electrons. The molecule has 4 nitrogen and oxygen atoms in total. The number of hydrogen-bond acceptors (Lipinski definition) is 4. The molecule has 0 aromatic rings. The van der Waals surface area contributed by atoms with Crippen molar-refractivity contribution < 1.29 is 19.0 Å². The molecule has 2 heterocycles. The summed E-state index contributed by atoms with van der Waals surface area (Å²) >= 11 is 0. The Bertz CT molecular complexity index is 369. The van der Waals surface area contributed by atoms with Crippen LogP contribution in [0, 0.1) is 5.92 Å². The molecule has 5 unspecified atom stereocenters. The maximum Gasteiger partial charge on any atom is 0.309 e. The molecule has 5 atom stereocenters. The minimum Gasteiger partial charge on any atom is -0.462 e. The highest BCUT2D eigenvalue weighted by Gasteiger charge is 2.58. The topological polar surface area (TPSA) is 51.4 Å². The van der Waals surface area contributed by atoms with Crippen molar-refractivity contribution in [3.05, 3.63) is 0 Å². The predicted octanol–water partition coefficient (Wildman–Crippen LogP) is 1.81. The molecule has 0 amide bonds. The van der Waals surface area contributed by atoms with Crippen LogP contribution in [0.5, 0.6) is 0 Å². The van der Waals surface area contributed by atoms with Crippen molar-refractivity contribution in [1.29, 1.82) is 0 Å². The summed E-state index contributed by atoms with van der Waals surface area (Å²) < 4.78 is 16.7. The fourth-order valence-corrected chi connectivity index (χ4v) is 3.67. The van der Waals surface area contributed by atoms with Crippen LogP contribution in [0.4, 0.5) is 0 Å². The van der Waals surface area contributed by atoms with Crippen molar-refractivity contribution in [1.82, 2.24) is 0 Å². The summed E-state index contributed by atoms with van der Waals surface area (Å²) in [5.41, 5.74) is -0.0960. The summed E-state index contributed by atoms with van der Waals surface area (Å²) in [6.07, 6.45) is 8.62. The molecule has 18 heavy (non-hydrogen) atoms. The Morgan fingerprint density at radius 1 is 1.22 bits per heavy atom. The van der Waals surface area contributed by atoms with E-state index in [-0.39, 0.29) is 17.5 Å². The van der Waals surface area contributed by atoms with E-state index in [4.69, 9.17) is 14.2 Å². The van der Waals surface area contributed by atoms with E-state index in [1.54, 1.807) is 0 Å². The number of hydrogen-bond donors (Lipinski definition) is 0. The monoisotopic (exact) mass is 252 g/mol. The fourth-order valence-electron chi connectivity index (χ4n) is 3.67. The number of epoxide rings is 2. The van der Waals surface area contributed by atoms with E-state index in [1.165, 1.54) is 12.8 Å². The number of fused-ring (bicyclic) bond motifs is 2. The molecule has 2 saturated heterocycles. The van der Waals surface area contributed by atoms with E-state index in [1.807, 2.05) is 0 Å². The first-order chi connectivity index (χ1) is 8.77. The summed E-state index contributed by atoms with van der Waals surface area (Å²) in [5, 5.41) is 0. The smallest absolute Gasteiger partial charge is 0.309 e. The molecule has 2 aliphatic carbocycles. The molecule has 4 aliphatic rings. The zero-order valence-electron chi connectivity index (χ0n) is 10.6. The summed E-state index contributed by atoms with van der Waals surface area (Å²) in [4.78, 5) is 12.0. The van der Waals surface area contributed by atoms with E-state index >= 15 is 0 Å². The standard InChI is InChI=1S/C14H20O4/c15-13(9-4-5-10-11(7-9)17-10)16-8-14-6-2-1-3-12(14)18-14/h9-12H,1-8H2. The number of rotatable bonds is 3. The second-order valence-electron chi connectivity index (χ2n) is 6.25. The molecular formula is C14H20O4. The van der Waals surface area contributed by atoms with Crippen LogP contribution in [-0.4, -0.2) is 36.5 Å². The lowest BCUT2D eigenvalue weighted by Crippen LogP contribution is -2.31. The second kappa shape index (κ2) is 3.94. The Hall–Kier alpha value is -0.610. The average molecular weight is 252 g/mol. The second-order valence-corrected chi connectivity index (χ2v) is 6.25. The average Bonchev–Trinajstić information content (AvgIpc) is 3.27. The Kier molecular flexibility index (Phi) is 2.46. The summed E-state index contributed by atoms with van der Waals surface area (Å²) in [6, 6.07) is 0. The Balaban J connectivity index is 1.28. The van der Waals surface area contributed by atoms with Crippen molar-refractivity contribution >= 4 is 5.97 Å². The summed E-state index contributed by atoms with van der Waals surface area (Å²) in [6.45, 7) is 0.474. The van der Waals surface area contributed by atoms with Crippen molar-refractivity contribution in [2.45, 2.75) is 68.9 Å². The first kappa shape index (κ1) is 11.2. The van der Waals surface area contributed by atoms with Gasteiger partial charge in [0.2, 0.25) is 0 Å². The Morgan fingerprint density at radius 3 is 3.00 bits per heavy atom. The predicted molar refractivity (Wildman–Crippen MR) is 63.0 cm³/mol. The third kappa shape index (κ3) is 1.86. The van der Waals surface area contributed by atoms with Gasteiger partial charge >= 0.3 is 5.97 Å². The van der Waals surface area contributed by atoms with Gasteiger partial charge in [-0.05, 0) is 32.1 Å². The number of carbonyl (C=O) groups is 1. The normalized spacial score (nSPS) is 48.9. The molecule has 4 rings (SSSR count). The fraction of sp³-hybridized carbons (Fsp3) is 0.929. The molecule has 0 N–H and O–H groups in total. The number of carbonyl (C=O) groups excluding carboxylic acids is 1. The molecular weight excluding hydrogens is 232 g/mol. The lowest BCUT2D eigenvalue weighted by atomic mass is 9.88. The molecule has 4 fully saturated rings. The van der Waals surface area contributed by atoms with Gasteiger partial charge in [-0.2, -0.15) is 0 Å². The highest BCUT2D eigenvalue weighted by Crippen LogP contribution is 2.48. The van der Waals surface area contributed by atoms with Crippen LogP contribution < -0.4 is 0 Å². The van der Waals surface area contributed by atoms with Gasteiger partial charge in [0.1, 0.15) is 12.2 Å². The van der Waals surface area contributed by atoms with Gasteiger partial charge in [0.25, 0.3) is 0 Å². The van der Waals surface area contributed by atoms with E-state index in [0.29, 0.717) is 24.9 Å². The van der Waals surface area contributed by atoms with Gasteiger partial charge in [0.05, 0.1) is 24.2 Å². The Morgan fingerprint density at radius 2 is 2.17 bits per heavy atom. The minimum absolute atomic E-state index is 0.0295. The SMILES string of the molecule is O=C(OCC12CCCCC1O2)C1CCC2OC2C1. The van der Waals surface area contributed by atoms with Gasteiger partial charge in [0.15, 0.2) is 0 Å². The first-order valence-electron chi connectivity index (χ1n) is 7.27. The van der Waals surface area contributed by atoms with Gasteiger partial charge < -0.3 is 14.2 Å². The van der Waals surface area contributed by atoms with Crippen LogP contribution in [-0.2, 0) is 19.0 Å². The van der Waals surface area contributed by atoms with E-state index in [2.05, 4.69) is 0 Å². The van der Waals surface area contributed by atoms with E-state index < -0.39 is 0 Å². The molecule has 0 aromatic heterocycles. The van der Waals surface area contributed by atoms with Crippen LogP contribution in [0.15, 0.2) is 0 Å². The molecule has 0 bridgehead atoms. The Labute approximate surface area is 107 Å². The zero-order chi connectivity index (χ0) is 12.2. The number of ether oxygens (including phenoxy) is 3. The summed E-state index contributed by atoms with van der Waals surface area (Å²) in [5.74, 6) is 0.0316. The highest BCUT2D eigenvalue weighted by molar-refractivity contribution is 5.72. The molecule has 0 spiro atoms. The molecule has 4 heteroatoms.